The molecule has 2 aromatic rings. The van der Waals surface area contributed by atoms with E-state index in [0.29, 0.717) is 6.04 Å². The average molecular weight is 355 g/mol. The Morgan fingerprint density at radius 2 is 2.35 bits per heavy atom. The Kier molecular flexibility index (Phi) is 4.53. The molecule has 1 saturated carbocycles. The number of hydrogen-bond donors (Lipinski definition) is 1. The molecule has 6 heteroatoms. The Labute approximate surface area is 131 Å². The number of halogens is 1. The van der Waals surface area contributed by atoms with Gasteiger partial charge in [0, 0.05) is 42.7 Å². The van der Waals surface area contributed by atoms with Gasteiger partial charge in [-0.25, -0.2) is 0 Å². The van der Waals surface area contributed by atoms with Crippen molar-refractivity contribution in [2.24, 2.45) is 5.92 Å². The van der Waals surface area contributed by atoms with Gasteiger partial charge in [0.2, 0.25) is 0 Å². The molecule has 1 atom stereocenters. The quantitative estimate of drug-likeness (QED) is 0.858. The molecule has 1 fully saturated rings. The summed E-state index contributed by atoms with van der Waals surface area (Å²) in [5.74, 6) is 0.846. The lowest BCUT2D eigenvalue weighted by Crippen LogP contribution is -2.19. The van der Waals surface area contributed by atoms with Crippen molar-refractivity contribution >= 4 is 27.5 Å². The minimum Gasteiger partial charge on any atom is -0.306 e. The molecule has 0 aromatic carbocycles. The largest absolute Gasteiger partial charge is 0.306 e. The molecule has 108 valence electrons. The van der Waals surface area contributed by atoms with Crippen LogP contribution in [0.1, 0.15) is 43.4 Å². The number of aromatic nitrogens is 3. The van der Waals surface area contributed by atoms with E-state index in [1.165, 1.54) is 41.9 Å². The van der Waals surface area contributed by atoms with E-state index >= 15 is 0 Å². The number of nitrogens with zero attached hydrogens (tertiary/aromatic N) is 3. The molecule has 2 aromatic heterocycles. The highest BCUT2D eigenvalue weighted by Crippen LogP contribution is 2.28. The van der Waals surface area contributed by atoms with Crippen LogP contribution in [0.2, 0.25) is 0 Å². The van der Waals surface area contributed by atoms with E-state index in [0.717, 1.165) is 22.8 Å². The lowest BCUT2D eigenvalue weighted by atomic mass is 9.85. The maximum absolute atomic E-state index is 4.48. The predicted molar refractivity (Wildman–Crippen MR) is 84.6 cm³/mol. The van der Waals surface area contributed by atoms with Crippen LogP contribution < -0.4 is 5.32 Å². The van der Waals surface area contributed by atoms with Crippen LogP contribution in [-0.2, 0) is 13.1 Å². The van der Waals surface area contributed by atoms with Crippen LogP contribution in [0, 0.1) is 5.92 Å². The summed E-state index contributed by atoms with van der Waals surface area (Å²) in [5, 5.41) is 8.00. The van der Waals surface area contributed by atoms with E-state index in [1.807, 2.05) is 12.4 Å². The predicted octanol–water partition coefficient (Wildman–Crippen LogP) is 3.75. The summed E-state index contributed by atoms with van der Waals surface area (Å²) in [6, 6.07) is 0.303. The van der Waals surface area contributed by atoms with Crippen molar-refractivity contribution in [3.05, 3.63) is 33.5 Å². The van der Waals surface area contributed by atoms with Crippen LogP contribution in [0.25, 0.3) is 0 Å². The summed E-state index contributed by atoms with van der Waals surface area (Å²) in [6.07, 6.45) is 10.2. The molecule has 2 heterocycles. The zero-order chi connectivity index (χ0) is 13.9. The van der Waals surface area contributed by atoms with Crippen molar-refractivity contribution in [2.45, 2.75) is 45.3 Å². The average Bonchev–Trinajstić information content (AvgIpc) is 3.00. The topological polar surface area (TPSA) is 42.7 Å². The van der Waals surface area contributed by atoms with Crippen LogP contribution in [0.4, 0.5) is 0 Å². The van der Waals surface area contributed by atoms with Crippen molar-refractivity contribution in [3.8, 4) is 0 Å². The maximum Gasteiger partial charge on any atom is 0.0950 e. The maximum atomic E-state index is 4.48. The SMILES string of the molecule is CC(NCc1cnsc1Br)c1cnn(CC2CCC2)c1. The summed E-state index contributed by atoms with van der Waals surface area (Å²) < 4.78 is 7.37. The van der Waals surface area contributed by atoms with E-state index < -0.39 is 0 Å². The third-order valence-electron chi connectivity index (χ3n) is 4.02. The van der Waals surface area contributed by atoms with Gasteiger partial charge in [-0.1, -0.05) is 6.42 Å². The van der Waals surface area contributed by atoms with Crippen LogP contribution >= 0.6 is 27.5 Å². The second kappa shape index (κ2) is 6.37. The van der Waals surface area contributed by atoms with Gasteiger partial charge >= 0.3 is 0 Å². The lowest BCUT2D eigenvalue weighted by Gasteiger charge is -2.24. The van der Waals surface area contributed by atoms with Crippen molar-refractivity contribution in [1.82, 2.24) is 19.5 Å². The molecule has 3 rings (SSSR count). The van der Waals surface area contributed by atoms with E-state index in [1.54, 1.807) is 0 Å². The number of hydrogen-bond acceptors (Lipinski definition) is 4. The highest BCUT2D eigenvalue weighted by Gasteiger charge is 2.18. The zero-order valence-electron chi connectivity index (χ0n) is 11.6. The Bertz CT molecular complexity index is 561. The van der Waals surface area contributed by atoms with Gasteiger partial charge in [0.05, 0.1) is 9.98 Å². The molecular weight excluding hydrogens is 336 g/mol. The molecule has 1 unspecified atom stereocenters. The van der Waals surface area contributed by atoms with Crippen molar-refractivity contribution in [1.29, 1.82) is 0 Å². The van der Waals surface area contributed by atoms with Gasteiger partial charge < -0.3 is 5.32 Å². The Hall–Kier alpha value is -0.720. The first-order chi connectivity index (χ1) is 9.72. The molecule has 1 aliphatic carbocycles. The van der Waals surface area contributed by atoms with E-state index in [-0.39, 0.29) is 0 Å². The highest BCUT2D eigenvalue weighted by molar-refractivity contribution is 9.11. The van der Waals surface area contributed by atoms with Crippen LogP contribution in [0.15, 0.2) is 22.4 Å². The van der Waals surface area contributed by atoms with E-state index in [2.05, 4.69) is 48.5 Å². The lowest BCUT2D eigenvalue weighted by molar-refractivity contribution is 0.266. The molecule has 1 aliphatic rings. The number of nitrogens with one attached hydrogen (secondary N) is 1. The Balaban J connectivity index is 1.53. The van der Waals surface area contributed by atoms with E-state index in [9.17, 15) is 0 Å². The molecule has 0 bridgehead atoms. The van der Waals surface area contributed by atoms with Crippen LogP contribution in [-0.4, -0.2) is 14.2 Å². The van der Waals surface area contributed by atoms with Crippen molar-refractivity contribution < 1.29 is 0 Å². The minimum atomic E-state index is 0.303. The fourth-order valence-electron chi connectivity index (χ4n) is 2.38. The van der Waals surface area contributed by atoms with Crippen LogP contribution in [0.3, 0.4) is 0 Å². The standard InChI is InChI=1S/C14H19BrN4S/c1-10(16-5-12-7-18-20-14(12)15)13-6-17-19(9-13)8-11-3-2-4-11/h6-7,9-11,16H,2-5,8H2,1H3. The smallest absolute Gasteiger partial charge is 0.0950 e. The first-order valence-corrected chi connectivity index (χ1v) is 8.64. The fourth-order valence-corrected chi connectivity index (χ4v) is 3.39. The van der Waals surface area contributed by atoms with Gasteiger partial charge in [-0.3, -0.25) is 4.68 Å². The van der Waals surface area contributed by atoms with Gasteiger partial charge in [0.15, 0.2) is 0 Å². The Morgan fingerprint density at radius 3 is 3.00 bits per heavy atom. The summed E-state index contributed by atoms with van der Waals surface area (Å²) in [6.45, 7) is 4.08. The molecule has 1 N–H and O–H groups in total. The first kappa shape index (κ1) is 14.2. The third kappa shape index (κ3) is 3.30. The summed E-state index contributed by atoms with van der Waals surface area (Å²) in [5.41, 5.74) is 2.47. The summed E-state index contributed by atoms with van der Waals surface area (Å²) >= 11 is 5.00. The molecule has 0 saturated heterocycles. The molecule has 0 amide bonds. The normalized spacial score (nSPS) is 17.1. The summed E-state index contributed by atoms with van der Waals surface area (Å²) in [7, 11) is 0. The van der Waals surface area contributed by atoms with Crippen LogP contribution in [0.5, 0.6) is 0 Å². The van der Waals surface area contributed by atoms with Gasteiger partial charge in [-0.2, -0.15) is 9.47 Å². The van der Waals surface area contributed by atoms with E-state index in [4.69, 9.17) is 0 Å². The monoisotopic (exact) mass is 354 g/mol. The second-order valence-corrected chi connectivity index (χ2v) is 7.64. The van der Waals surface area contributed by atoms with Crippen molar-refractivity contribution in [2.75, 3.05) is 0 Å². The zero-order valence-corrected chi connectivity index (χ0v) is 14.0. The van der Waals surface area contributed by atoms with Gasteiger partial charge in [-0.05, 0) is 53.1 Å². The first-order valence-electron chi connectivity index (χ1n) is 7.07. The minimum absolute atomic E-state index is 0.303. The Morgan fingerprint density at radius 1 is 1.50 bits per heavy atom. The highest BCUT2D eigenvalue weighted by atomic mass is 79.9. The molecule has 4 nitrogen and oxygen atoms in total. The van der Waals surface area contributed by atoms with Crippen molar-refractivity contribution in [3.63, 3.8) is 0 Å². The molecule has 0 aliphatic heterocycles. The molecular formula is C14H19BrN4S. The molecule has 0 spiro atoms. The number of rotatable bonds is 6. The van der Waals surface area contributed by atoms with Gasteiger partial charge in [-0.15, -0.1) is 0 Å². The fraction of sp³-hybridized carbons (Fsp3) is 0.571. The summed E-state index contributed by atoms with van der Waals surface area (Å²) in [4.78, 5) is 0. The van der Waals surface area contributed by atoms with Gasteiger partial charge in [0.1, 0.15) is 0 Å². The molecule has 0 radical (unpaired) electrons. The third-order valence-corrected chi connectivity index (χ3v) is 5.59. The van der Waals surface area contributed by atoms with Gasteiger partial charge in [0.25, 0.3) is 0 Å². The second-order valence-electron chi connectivity index (χ2n) is 5.52. The molecule has 20 heavy (non-hydrogen) atoms.